The van der Waals surface area contributed by atoms with Crippen LogP contribution in [-0.2, 0) is 4.79 Å². The minimum atomic E-state index is -1.39. The number of aromatic nitrogens is 2. The Morgan fingerprint density at radius 2 is 1.70 bits per heavy atom. The first kappa shape index (κ1) is 54.1. The predicted molar refractivity (Wildman–Crippen MR) is 306 cm³/mol. The van der Waals surface area contributed by atoms with E-state index in [0.29, 0.717) is 54.9 Å². The van der Waals surface area contributed by atoms with E-state index < -0.39 is 52.8 Å². The fourth-order valence-corrected chi connectivity index (χ4v) is 25.7. The second-order valence-corrected chi connectivity index (χ2v) is 31.5. The fraction of sp³-hybridized carbons (Fsp3) is 0.825. The van der Waals surface area contributed by atoms with Crippen molar-refractivity contribution >= 4 is 33.3 Å². The number of ketones is 1. The number of allylic oxidation sites excluding steroid dienone is 3. The molecule has 2 heterocycles. The molecule has 0 radical (unpaired) electrons. The molecule has 11 aliphatic carbocycles. The van der Waals surface area contributed by atoms with Gasteiger partial charge in [-0.3, -0.25) is 9.79 Å². The smallest absolute Gasteiger partial charge is 0.190 e. The Bertz CT molecular complexity index is 2560. The number of nitrogens with two attached hydrogens (primary N) is 1. The molecule has 12 nitrogen and oxygen atoms in total. The van der Waals surface area contributed by atoms with E-state index in [-0.39, 0.29) is 64.6 Å². The molecule has 6 bridgehead atoms. The highest BCUT2D eigenvalue weighted by atomic mass is 33.1. The number of imidazole rings is 1. The standard InChI is InChI=1S/C63H94N6O6S2/c1-34(70)68-58(64)67-29-37-26-60(4)46-23-40(63(60,75)47-24-48(71)54-45(30-65-5)56(73)49(72)28-62(54,52(37)47)39-12-7-6-8-13-39)31-76-77-32-41(69-20-19-66-33-69)27-59(2,3)55-44-21-35-16-17-38-14-10-18-61(38,25-35)53(44)42-15-9-11-36-22-43(46)57(74)51(55)50(36)42/h19-20,24,33-41,43,45-46,49,51-54,56-57,65,70,72-75H,6-18,21-23,25-32H2,1-5H3,(H3,64,67,68). The second kappa shape index (κ2) is 20.0. The summed E-state index contributed by atoms with van der Waals surface area (Å²) in [4.78, 5) is 25.6. The Kier molecular flexibility index (Phi) is 14.1. The Morgan fingerprint density at radius 3 is 2.47 bits per heavy atom. The highest BCUT2D eigenvalue weighted by Gasteiger charge is 2.75. The molecule has 9 fully saturated rings. The van der Waals surface area contributed by atoms with Crippen LogP contribution in [0.15, 0.2) is 57.7 Å². The predicted octanol–water partition coefficient (Wildman–Crippen LogP) is 9.15. The summed E-state index contributed by atoms with van der Waals surface area (Å²) in [6.45, 7) is 9.81. The van der Waals surface area contributed by atoms with Crippen molar-refractivity contribution < 1.29 is 30.3 Å². The van der Waals surface area contributed by atoms with Crippen molar-refractivity contribution in [2.24, 2.45) is 109 Å². The quantitative estimate of drug-likeness (QED) is 0.0425. The van der Waals surface area contributed by atoms with Gasteiger partial charge in [-0.25, -0.2) is 4.98 Å². The van der Waals surface area contributed by atoms with E-state index in [4.69, 9.17) is 10.7 Å². The average molecular weight is 1100 g/mol. The van der Waals surface area contributed by atoms with Gasteiger partial charge in [0.2, 0.25) is 0 Å². The van der Waals surface area contributed by atoms with E-state index in [1.165, 1.54) is 57.8 Å². The summed E-state index contributed by atoms with van der Waals surface area (Å²) in [5, 5.41) is 70.3. The molecule has 9 N–H and O–H groups in total. The first-order valence-corrected chi connectivity index (χ1v) is 33.5. The summed E-state index contributed by atoms with van der Waals surface area (Å²) in [6.07, 6.45) is 25.9. The Hall–Kier alpha value is -2.17. The van der Waals surface area contributed by atoms with Gasteiger partial charge in [0.15, 0.2) is 11.7 Å². The summed E-state index contributed by atoms with van der Waals surface area (Å²) < 4.78 is 2.35. The maximum Gasteiger partial charge on any atom is 0.190 e. The van der Waals surface area contributed by atoms with Crippen LogP contribution in [0.25, 0.3) is 0 Å². The molecular weight excluding hydrogens is 1000 g/mol. The minimum absolute atomic E-state index is 0.0137. The van der Waals surface area contributed by atoms with E-state index in [2.05, 4.69) is 47.2 Å². The molecular formula is C63H94N6O6S2. The highest BCUT2D eigenvalue weighted by molar-refractivity contribution is 8.76. The molecule has 0 aromatic carbocycles. The van der Waals surface area contributed by atoms with E-state index in [1.54, 1.807) is 29.2 Å². The molecule has 1 spiro atoms. The number of carbonyl (C=O) groups is 1. The molecule has 77 heavy (non-hydrogen) atoms. The lowest BCUT2D eigenvalue weighted by Crippen LogP contribution is -2.70. The van der Waals surface area contributed by atoms with Crippen LogP contribution < -0.4 is 16.4 Å². The molecule has 14 heteroatoms. The third-order valence-corrected chi connectivity index (χ3v) is 27.6. The summed E-state index contributed by atoms with van der Waals surface area (Å²) in [7, 11) is 5.69. The van der Waals surface area contributed by atoms with Crippen molar-refractivity contribution in [1.82, 2.24) is 20.2 Å². The number of fused-ring (bicyclic) bond motifs is 14. The minimum Gasteiger partial charge on any atom is -0.392 e. The third-order valence-electron chi connectivity index (χ3n) is 25.1. The van der Waals surface area contributed by atoms with Crippen LogP contribution in [0.1, 0.15) is 162 Å². The van der Waals surface area contributed by atoms with Crippen LogP contribution in [0.4, 0.5) is 0 Å². The molecule has 12 aliphatic rings. The summed E-state index contributed by atoms with van der Waals surface area (Å²) in [5.74, 6) is 2.31. The van der Waals surface area contributed by atoms with Gasteiger partial charge in [0.05, 0.1) is 30.2 Å². The molecule has 21 atom stereocenters. The average Bonchev–Trinajstić information content (AvgIpc) is 3.98. The van der Waals surface area contributed by atoms with E-state index >= 15 is 4.79 Å². The number of aliphatic hydroxyl groups is 5. The molecule has 1 aromatic rings. The van der Waals surface area contributed by atoms with Gasteiger partial charge in [0, 0.05) is 78.0 Å². The third kappa shape index (κ3) is 8.10. The SMILES string of the molecule is CNCC1C(O)C(O)CC2(C3CCCCC3)C3C(=CC(=O)C12)C1(O)C2CSSCC(n4ccnc4)CC(C)(C)C4=C5CC6CCC7CCCC7(C6)C5C5=C6C(CCC5)CC(C(O)C64)C(C2)C1(C)CC3CN=C(N)NC(C)O. The normalized spacial score (nSPS) is 47.9. The van der Waals surface area contributed by atoms with Crippen molar-refractivity contribution in [1.29, 1.82) is 0 Å². The number of nitrogens with one attached hydrogen (secondary N) is 2. The zero-order valence-electron chi connectivity index (χ0n) is 47.1. The number of nitrogens with zero attached hydrogens (tertiary/aromatic N) is 3. The van der Waals surface area contributed by atoms with Crippen molar-refractivity contribution in [2.75, 3.05) is 31.6 Å². The summed E-state index contributed by atoms with van der Waals surface area (Å²) >= 11 is 0. The van der Waals surface area contributed by atoms with Crippen molar-refractivity contribution in [3.8, 4) is 0 Å². The molecule has 424 valence electrons. The van der Waals surface area contributed by atoms with Crippen molar-refractivity contribution in [3.63, 3.8) is 0 Å². The monoisotopic (exact) mass is 1090 g/mol. The van der Waals surface area contributed by atoms with Gasteiger partial charge in [0.1, 0.15) is 6.23 Å². The van der Waals surface area contributed by atoms with Crippen LogP contribution in [0.5, 0.6) is 0 Å². The van der Waals surface area contributed by atoms with Gasteiger partial charge in [-0.15, -0.1) is 0 Å². The Labute approximate surface area is 467 Å². The Balaban J connectivity index is 1.00. The molecule has 13 rings (SSSR count). The lowest BCUT2D eigenvalue weighted by atomic mass is 9.37. The number of rotatable bonds is 7. The van der Waals surface area contributed by atoms with Crippen LogP contribution >= 0.6 is 21.6 Å². The van der Waals surface area contributed by atoms with Gasteiger partial charge in [-0.1, -0.05) is 90.3 Å². The molecule has 0 amide bonds. The van der Waals surface area contributed by atoms with Crippen molar-refractivity contribution in [2.45, 2.75) is 192 Å². The number of guanidine groups is 1. The first-order valence-electron chi connectivity index (χ1n) is 31.1. The number of hydrogen-bond donors (Lipinski definition) is 8. The van der Waals surface area contributed by atoms with Gasteiger partial charge in [-0.05, 0) is 192 Å². The first-order chi connectivity index (χ1) is 37.0. The molecule has 1 saturated heterocycles. The van der Waals surface area contributed by atoms with Crippen LogP contribution in [-0.4, -0.2) is 109 Å². The van der Waals surface area contributed by atoms with E-state index in [9.17, 15) is 25.5 Å². The second-order valence-electron chi connectivity index (χ2n) is 28.9. The highest BCUT2D eigenvalue weighted by Crippen LogP contribution is 2.77. The zero-order valence-corrected chi connectivity index (χ0v) is 48.7. The van der Waals surface area contributed by atoms with Gasteiger partial charge in [0.25, 0.3) is 0 Å². The number of carbonyl (C=O) groups excluding carboxylic acids is 1. The van der Waals surface area contributed by atoms with Gasteiger partial charge >= 0.3 is 0 Å². The molecule has 8 saturated carbocycles. The number of aliphatic hydroxyl groups excluding tert-OH is 4. The number of hydrogen-bond acceptors (Lipinski definition) is 11. The maximum absolute atomic E-state index is 15.9. The maximum atomic E-state index is 15.9. The van der Waals surface area contributed by atoms with Gasteiger partial charge < -0.3 is 46.5 Å². The van der Waals surface area contributed by atoms with Gasteiger partial charge in [-0.2, -0.15) is 0 Å². The molecule has 1 aromatic heterocycles. The lowest BCUT2D eigenvalue weighted by molar-refractivity contribution is -0.204. The molecule has 1 aliphatic heterocycles. The summed E-state index contributed by atoms with van der Waals surface area (Å²) in [6, 6.07) is 0.180. The van der Waals surface area contributed by atoms with E-state index in [1.807, 2.05) is 47.2 Å². The molecule has 21 unspecified atom stereocenters. The topological polar surface area (TPSA) is 198 Å². The van der Waals surface area contributed by atoms with E-state index in [0.717, 1.165) is 75.0 Å². The summed E-state index contributed by atoms with van der Waals surface area (Å²) in [5.41, 5.74) is 11.4. The Morgan fingerprint density at radius 1 is 0.909 bits per heavy atom. The number of aliphatic imine (C=N–C) groups is 1. The van der Waals surface area contributed by atoms with Crippen LogP contribution in [0, 0.1) is 98.6 Å². The van der Waals surface area contributed by atoms with Crippen LogP contribution in [0.3, 0.4) is 0 Å². The largest absolute Gasteiger partial charge is 0.392 e. The van der Waals surface area contributed by atoms with Crippen molar-refractivity contribution in [3.05, 3.63) is 52.7 Å². The lowest BCUT2D eigenvalue weighted by Gasteiger charge is -2.67. The fourth-order valence-electron chi connectivity index (χ4n) is 22.9. The zero-order chi connectivity index (χ0) is 53.6. The van der Waals surface area contributed by atoms with Crippen LogP contribution in [0.2, 0.25) is 0 Å².